The summed E-state index contributed by atoms with van der Waals surface area (Å²) in [7, 11) is 1.63. The van der Waals surface area contributed by atoms with Crippen LogP contribution in [-0.2, 0) is 7.05 Å². The van der Waals surface area contributed by atoms with E-state index in [0.29, 0.717) is 11.3 Å². The van der Waals surface area contributed by atoms with Crippen LogP contribution < -0.4 is 5.73 Å². The van der Waals surface area contributed by atoms with E-state index in [2.05, 4.69) is 0 Å². The van der Waals surface area contributed by atoms with Crippen molar-refractivity contribution in [2.75, 3.05) is 6.61 Å². The number of carboxylic acid groups (broad SMARTS) is 1. The molecule has 0 radical (unpaired) electrons. The van der Waals surface area contributed by atoms with Crippen LogP contribution in [0.1, 0.15) is 27.8 Å². The zero-order chi connectivity index (χ0) is 10.9. The molecule has 0 aliphatic carbocycles. The van der Waals surface area contributed by atoms with E-state index in [1.165, 1.54) is 4.57 Å². The van der Waals surface area contributed by atoms with Gasteiger partial charge in [-0.05, 0) is 18.6 Å². The molecule has 1 aromatic rings. The molecule has 0 aliphatic rings. The van der Waals surface area contributed by atoms with Gasteiger partial charge in [-0.25, -0.2) is 4.79 Å². The van der Waals surface area contributed by atoms with Gasteiger partial charge >= 0.3 is 5.97 Å². The van der Waals surface area contributed by atoms with Gasteiger partial charge in [0.15, 0.2) is 0 Å². The van der Waals surface area contributed by atoms with Crippen LogP contribution in [0.15, 0.2) is 6.07 Å². The van der Waals surface area contributed by atoms with Gasteiger partial charge in [0.05, 0.1) is 12.6 Å². The summed E-state index contributed by atoms with van der Waals surface area (Å²) in [4.78, 5) is 10.8. The molecule has 1 heterocycles. The van der Waals surface area contributed by atoms with E-state index >= 15 is 0 Å². The highest BCUT2D eigenvalue weighted by Gasteiger charge is 2.18. The summed E-state index contributed by atoms with van der Waals surface area (Å²) in [6, 6.07) is 1.15. The van der Waals surface area contributed by atoms with E-state index in [-0.39, 0.29) is 12.3 Å². The average Bonchev–Trinajstić information content (AvgIpc) is 2.40. The third-order valence-electron chi connectivity index (χ3n) is 2.24. The Bertz CT molecular complexity index is 357. The van der Waals surface area contributed by atoms with Crippen molar-refractivity contribution in [1.82, 2.24) is 4.57 Å². The van der Waals surface area contributed by atoms with Gasteiger partial charge in [-0.1, -0.05) is 0 Å². The number of rotatable bonds is 3. The average molecular weight is 198 g/mol. The smallest absolute Gasteiger partial charge is 0.352 e. The Balaban J connectivity index is 3.23. The van der Waals surface area contributed by atoms with E-state index in [1.54, 1.807) is 20.0 Å². The molecule has 1 aromatic heterocycles. The highest BCUT2D eigenvalue weighted by atomic mass is 16.4. The predicted octanol–water partition coefficient (Wildman–Crippen LogP) is 0.0238. The summed E-state index contributed by atoms with van der Waals surface area (Å²) >= 11 is 0. The Hall–Kier alpha value is -1.33. The lowest BCUT2D eigenvalue weighted by atomic mass is 10.2. The maximum atomic E-state index is 10.8. The monoisotopic (exact) mass is 198 g/mol. The molecule has 14 heavy (non-hydrogen) atoms. The largest absolute Gasteiger partial charge is 0.477 e. The van der Waals surface area contributed by atoms with Crippen LogP contribution in [0.3, 0.4) is 0 Å². The van der Waals surface area contributed by atoms with Crippen LogP contribution in [0.2, 0.25) is 0 Å². The molecule has 0 fully saturated rings. The van der Waals surface area contributed by atoms with E-state index in [1.807, 2.05) is 0 Å². The minimum Gasteiger partial charge on any atom is -0.477 e. The van der Waals surface area contributed by atoms with Crippen LogP contribution in [0.25, 0.3) is 0 Å². The Kier molecular flexibility index (Phi) is 2.93. The standard InChI is InChI=1S/C9H14N2O3/c1-5-3-7(6(10)4-12)11(2)8(5)9(13)14/h3,6,12H,4,10H2,1-2H3,(H,13,14). The number of aromatic nitrogens is 1. The molecule has 78 valence electrons. The van der Waals surface area contributed by atoms with Gasteiger partial charge in [0.25, 0.3) is 0 Å². The number of aliphatic hydroxyl groups is 1. The zero-order valence-electron chi connectivity index (χ0n) is 8.19. The van der Waals surface area contributed by atoms with E-state index in [0.717, 1.165) is 0 Å². The first-order chi connectivity index (χ1) is 6.49. The molecule has 1 atom stereocenters. The van der Waals surface area contributed by atoms with Crippen molar-refractivity contribution < 1.29 is 15.0 Å². The van der Waals surface area contributed by atoms with Crippen LogP contribution >= 0.6 is 0 Å². The normalized spacial score (nSPS) is 12.9. The Labute approximate surface area is 81.8 Å². The van der Waals surface area contributed by atoms with Crippen molar-refractivity contribution in [2.24, 2.45) is 12.8 Å². The lowest BCUT2D eigenvalue weighted by Gasteiger charge is -2.10. The molecule has 0 spiro atoms. The SMILES string of the molecule is Cc1cc(C(N)CO)n(C)c1C(=O)O. The molecule has 1 rings (SSSR count). The van der Waals surface area contributed by atoms with Crippen molar-refractivity contribution >= 4 is 5.97 Å². The summed E-state index contributed by atoms with van der Waals surface area (Å²) in [5.41, 5.74) is 7.10. The van der Waals surface area contributed by atoms with Gasteiger partial charge in [-0.2, -0.15) is 0 Å². The van der Waals surface area contributed by atoms with Gasteiger partial charge < -0.3 is 20.5 Å². The third-order valence-corrected chi connectivity index (χ3v) is 2.24. The maximum Gasteiger partial charge on any atom is 0.352 e. The maximum absolute atomic E-state index is 10.8. The van der Waals surface area contributed by atoms with Gasteiger partial charge in [-0.3, -0.25) is 0 Å². The van der Waals surface area contributed by atoms with Gasteiger partial charge in [0, 0.05) is 12.7 Å². The number of hydrogen-bond donors (Lipinski definition) is 3. The fourth-order valence-electron chi connectivity index (χ4n) is 1.54. The Morgan fingerprint density at radius 2 is 2.29 bits per heavy atom. The highest BCUT2D eigenvalue weighted by Crippen LogP contribution is 2.18. The lowest BCUT2D eigenvalue weighted by molar-refractivity contribution is 0.0685. The summed E-state index contributed by atoms with van der Waals surface area (Å²) < 4.78 is 1.50. The van der Waals surface area contributed by atoms with E-state index < -0.39 is 12.0 Å². The second-order valence-electron chi connectivity index (χ2n) is 3.25. The molecule has 4 N–H and O–H groups in total. The van der Waals surface area contributed by atoms with Gasteiger partial charge in [-0.15, -0.1) is 0 Å². The predicted molar refractivity (Wildman–Crippen MR) is 51.1 cm³/mol. The summed E-state index contributed by atoms with van der Waals surface area (Å²) in [5, 5.41) is 17.8. The van der Waals surface area contributed by atoms with Crippen molar-refractivity contribution in [3.63, 3.8) is 0 Å². The second-order valence-corrected chi connectivity index (χ2v) is 3.25. The van der Waals surface area contributed by atoms with Crippen LogP contribution in [-0.4, -0.2) is 27.4 Å². The molecule has 0 amide bonds. The number of aryl methyl sites for hydroxylation is 1. The lowest BCUT2D eigenvalue weighted by Crippen LogP contribution is -2.19. The first-order valence-corrected chi connectivity index (χ1v) is 4.25. The Morgan fingerprint density at radius 1 is 1.71 bits per heavy atom. The fraction of sp³-hybridized carbons (Fsp3) is 0.444. The number of carboxylic acids is 1. The number of hydrogen-bond acceptors (Lipinski definition) is 3. The molecule has 1 unspecified atom stereocenters. The van der Waals surface area contributed by atoms with Gasteiger partial charge in [0.1, 0.15) is 5.69 Å². The first kappa shape index (κ1) is 10.7. The molecule has 0 aromatic carbocycles. The van der Waals surface area contributed by atoms with Crippen LogP contribution in [0.4, 0.5) is 0 Å². The second kappa shape index (κ2) is 3.81. The molecular formula is C9H14N2O3. The van der Waals surface area contributed by atoms with E-state index in [9.17, 15) is 4.79 Å². The minimum absolute atomic E-state index is 0.198. The van der Waals surface area contributed by atoms with Crippen molar-refractivity contribution in [2.45, 2.75) is 13.0 Å². The molecule has 0 saturated heterocycles. The van der Waals surface area contributed by atoms with Gasteiger partial charge in [0.2, 0.25) is 0 Å². The van der Waals surface area contributed by atoms with Crippen molar-refractivity contribution in [3.8, 4) is 0 Å². The summed E-state index contributed by atoms with van der Waals surface area (Å²) in [6.45, 7) is 1.51. The quantitative estimate of drug-likeness (QED) is 0.639. The first-order valence-electron chi connectivity index (χ1n) is 4.25. The van der Waals surface area contributed by atoms with E-state index in [4.69, 9.17) is 15.9 Å². The zero-order valence-corrected chi connectivity index (χ0v) is 8.19. The molecule has 0 bridgehead atoms. The number of nitrogens with zero attached hydrogens (tertiary/aromatic N) is 1. The Morgan fingerprint density at radius 3 is 2.64 bits per heavy atom. The molecule has 5 nitrogen and oxygen atoms in total. The molecule has 0 aliphatic heterocycles. The van der Waals surface area contributed by atoms with Crippen molar-refractivity contribution in [3.05, 3.63) is 23.0 Å². The fourth-order valence-corrected chi connectivity index (χ4v) is 1.54. The highest BCUT2D eigenvalue weighted by molar-refractivity contribution is 5.87. The molecule has 5 heteroatoms. The number of nitrogens with two attached hydrogens (primary N) is 1. The number of carbonyl (C=O) groups is 1. The minimum atomic E-state index is -0.985. The molecule has 0 saturated carbocycles. The number of aliphatic hydroxyl groups excluding tert-OH is 1. The van der Waals surface area contributed by atoms with Crippen LogP contribution in [0, 0.1) is 6.92 Å². The molecular weight excluding hydrogens is 184 g/mol. The van der Waals surface area contributed by atoms with Crippen molar-refractivity contribution in [1.29, 1.82) is 0 Å². The number of aromatic carboxylic acids is 1. The topological polar surface area (TPSA) is 88.5 Å². The summed E-state index contributed by atoms with van der Waals surface area (Å²) in [6.07, 6.45) is 0. The third kappa shape index (κ3) is 1.64. The van der Waals surface area contributed by atoms with Crippen LogP contribution in [0.5, 0.6) is 0 Å². The summed E-state index contributed by atoms with van der Waals surface area (Å²) in [5.74, 6) is -0.985.